The van der Waals surface area contributed by atoms with E-state index in [1.165, 1.54) is 13.5 Å². The van der Waals surface area contributed by atoms with Gasteiger partial charge < -0.3 is 19.7 Å². The lowest BCUT2D eigenvalue weighted by molar-refractivity contribution is -0.137. The molecule has 1 amide bonds. The number of benzene rings is 2. The lowest BCUT2D eigenvalue weighted by Gasteiger charge is -2.22. The van der Waals surface area contributed by atoms with Crippen LogP contribution in [0, 0.1) is 0 Å². The van der Waals surface area contributed by atoms with Crippen LogP contribution in [0.25, 0.3) is 6.08 Å². The molecule has 0 spiro atoms. The van der Waals surface area contributed by atoms with Gasteiger partial charge in [-0.25, -0.2) is 4.79 Å². The number of nitrogens with one attached hydrogen (secondary N) is 1. The first-order chi connectivity index (χ1) is 17.4. The third kappa shape index (κ3) is 5.79. The van der Waals surface area contributed by atoms with Gasteiger partial charge in [0.1, 0.15) is 11.3 Å². The Morgan fingerprint density at radius 3 is 2.36 bits per heavy atom. The number of Topliss-reactive ketones (excluding diaryl/α,β-unsaturated/α-hetero) is 1. The summed E-state index contributed by atoms with van der Waals surface area (Å²) in [5.41, 5.74) is 2.21. The normalized spacial score (nSPS) is 17.5. The third-order valence-electron chi connectivity index (χ3n) is 6.40. The van der Waals surface area contributed by atoms with Crippen molar-refractivity contribution in [3.05, 3.63) is 76.1 Å². The number of methoxy groups -OCH3 is 1. The summed E-state index contributed by atoms with van der Waals surface area (Å²) in [5.74, 6) is -0.683. The minimum Gasteiger partial charge on any atom is -0.484 e. The standard InChI is InChI=1S/C28H29ClN2O5/c1-18-26(28(34)35-2)27(33)24(31(18)22-12-10-20(29)11-13-22)16-19-8-14-23(15-9-19)36-17-25(32)30-21-6-4-3-5-7-21/h8-16,21H,3-7,17H2,1-2H3,(H,30,32)/b24-16-. The van der Waals surface area contributed by atoms with E-state index >= 15 is 0 Å². The van der Waals surface area contributed by atoms with Gasteiger partial charge in [0.15, 0.2) is 6.61 Å². The van der Waals surface area contributed by atoms with Gasteiger partial charge in [-0.05, 0) is 67.8 Å². The van der Waals surface area contributed by atoms with Crippen molar-refractivity contribution >= 4 is 41.0 Å². The van der Waals surface area contributed by atoms with E-state index in [2.05, 4.69) is 5.32 Å². The van der Waals surface area contributed by atoms with Crippen LogP contribution in [0.3, 0.4) is 0 Å². The number of hydrogen-bond donors (Lipinski definition) is 1. The van der Waals surface area contributed by atoms with Gasteiger partial charge >= 0.3 is 5.97 Å². The Labute approximate surface area is 215 Å². The molecule has 0 unspecified atom stereocenters. The van der Waals surface area contributed by atoms with Crippen LogP contribution in [-0.2, 0) is 19.1 Å². The van der Waals surface area contributed by atoms with Crippen LogP contribution in [-0.4, -0.2) is 37.4 Å². The molecule has 1 aliphatic carbocycles. The number of esters is 1. The summed E-state index contributed by atoms with van der Waals surface area (Å²) in [6.07, 6.45) is 7.28. The minimum atomic E-state index is -0.685. The summed E-state index contributed by atoms with van der Waals surface area (Å²) < 4.78 is 10.5. The summed E-state index contributed by atoms with van der Waals surface area (Å²) in [7, 11) is 1.25. The molecule has 1 aliphatic heterocycles. The molecule has 8 heteroatoms. The Balaban J connectivity index is 1.49. The van der Waals surface area contributed by atoms with Crippen LogP contribution >= 0.6 is 11.6 Å². The van der Waals surface area contributed by atoms with Crippen LogP contribution < -0.4 is 15.0 Å². The highest BCUT2D eigenvalue weighted by Gasteiger charge is 2.38. The molecule has 1 heterocycles. The average molecular weight is 509 g/mol. The fourth-order valence-corrected chi connectivity index (χ4v) is 4.69. The van der Waals surface area contributed by atoms with Crippen molar-refractivity contribution in [2.45, 2.75) is 45.1 Å². The van der Waals surface area contributed by atoms with E-state index in [-0.39, 0.29) is 24.1 Å². The number of halogens is 1. The van der Waals surface area contributed by atoms with E-state index in [1.807, 2.05) is 0 Å². The Morgan fingerprint density at radius 1 is 1.06 bits per heavy atom. The largest absolute Gasteiger partial charge is 0.484 e. The summed E-state index contributed by atoms with van der Waals surface area (Å²) >= 11 is 6.04. The molecule has 188 valence electrons. The summed E-state index contributed by atoms with van der Waals surface area (Å²) in [4.78, 5) is 39.5. The SMILES string of the molecule is COC(=O)C1=C(C)N(c2ccc(Cl)cc2)/C(=C\c2ccc(OCC(=O)NC3CCCCC3)cc2)C1=O. The van der Waals surface area contributed by atoms with E-state index in [0.717, 1.165) is 31.2 Å². The topological polar surface area (TPSA) is 84.9 Å². The minimum absolute atomic E-state index is 0.0115. The molecule has 7 nitrogen and oxygen atoms in total. The number of anilines is 1. The fraction of sp³-hybridized carbons (Fsp3) is 0.321. The maximum Gasteiger partial charge on any atom is 0.343 e. The monoisotopic (exact) mass is 508 g/mol. The average Bonchev–Trinajstić information content (AvgIpc) is 3.13. The molecule has 1 saturated carbocycles. The van der Waals surface area contributed by atoms with E-state index in [9.17, 15) is 14.4 Å². The molecule has 36 heavy (non-hydrogen) atoms. The molecule has 1 N–H and O–H groups in total. The number of carbonyl (C=O) groups excluding carboxylic acids is 3. The molecule has 4 rings (SSSR count). The Kier molecular flexibility index (Phi) is 8.10. The third-order valence-corrected chi connectivity index (χ3v) is 6.65. The number of hydrogen-bond acceptors (Lipinski definition) is 6. The summed E-state index contributed by atoms with van der Waals surface area (Å²) in [6.45, 7) is 1.65. The molecule has 0 aromatic heterocycles. The number of ether oxygens (including phenoxy) is 2. The summed E-state index contributed by atoms with van der Waals surface area (Å²) in [6, 6.07) is 14.3. The van der Waals surface area contributed by atoms with E-state index in [0.29, 0.717) is 27.9 Å². The first-order valence-electron chi connectivity index (χ1n) is 12.0. The quantitative estimate of drug-likeness (QED) is 0.320. The van der Waals surface area contributed by atoms with Crippen LogP contribution in [0.4, 0.5) is 5.69 Å². The molecule has 2 aliphatic rings. The second kappa shape index (κ2) is 11.4. The number of amides is 1. The van der Waals surface area contributed by atoms with Gasteiger partial charge in [0.2, 0.25) is 5.78 Å². The highest BCUT2D eigenvalue weighted by Crippen LogP contribution is 2.36. The molecule has 0 atom stereocenters. The van der Waals surface area contributed by atoms with Crippen molar-refractivity contribution in [3.63, 3.8) is 0 Å². The predicted molar refractivity (Wildman–Crippen MR) is 139 cm³/mol. The van der Waals surface area contributed by atoms with Gasteiger partial charge in [0.05, 0.1) is 12.8 Å². The molecule has 0 radical (unpaired) electrons. The highest BCUT2D eigenvalue weighted by atomic mass is 35.5. The molecule has 2 aromatic carbocycles. The van der Waals surface area contributed by atoms with Crippen LogP contribution in [0.1, 0.15) is 44.6 Å². The fourth-order valence-electron chi connectivity index (χ4n) is 4.57. The predicted octanol–water partition coefficient (Wildman–Crippen LogP) is 5.04. The zero-order valence-corrected chi connectivity index (χ0v) is 21.1. The van der Waals surface area contributed by atoms with E-state index < -0.39 is 11.8 Å². The van der Waals surface area contributed by atoms with Crippen molar-refractivity contribution in [2.75, 3.05) is 18.6 Å². The lowest BCUT2D eigenvalue weighted by atomic mass is 9.95. The van der Waals surface area contributed by atoms with Crippen molar-refractivity contribution in [2.24, 2.45) is 0 Å². The molecular formula is C28H29ClN2O5. The Bertz CT molecular complexity index is 1200. The smallest absolute Gasteiger partial charge is 0.343 e. The van der Waals surface area contributed by atoms with Crippen molar-refractivity contribution in [1.29, 1.82) is 0 Å². The second-order valence-corrected chi connectivity index (χ2v) is 9.32. The van der Waals surface area contributed by atoms with Gasteiger partial charge in [0, 0.05) is 22.4 Å². The maximum absolute atomic E-state index is 13.2. The van der Waals surface area contributed by atoms with E-state index in [4.69, 9.17) is 21.1 Å². The van der Waals surface area contributed by atoms with Gasteiger partial charge in [-0.2, -0.15) is 0 Å². The highest BCUT2D eigenvalue weighted by molar-refractivity contribution is 6.31. The Morgan fingerprint density at radius 2 is 1.72 bits per heavy atom. The van der Waals surface area contributed by atoms with Crippen molar-refractivity contribution < 1.29 is 23.9 Å². The van der Waals surface area contributed by atoms with Crippen molar-refractivity contribution in [1.82, 2.24) is 5.32 Å². The van der Waals surface area contributed by atoms with Gasteiger partial charge in [0.25, 0.3) is 5.91 Å². The van der Waals surface area contributed by atoms with Crippen LogP contribution in [0.15, 0.2) is 65.5 Å². The first kappa shape index (κ1) is 25.5. The molecule has 0 bridgehead atoms. The molecular weight excluding hydrogens is 480 g/mol. The zero-order valence-electron chi connectivity index (χ0n) is 20.4. The number of rotatable bonds is 7. The number of allylic oxidation sites excluding steroid dienone is 2. The second-order valence-electron chi connectivity index (χ2n) is 8.88. The number of nitrogens with zero attached hydrogens (tertiary/aromatic N) is 1. The zero-order chi connectivity index (χ0) is 25.7. The summed E-state index contributed by atoms with van der Waals surface area (Å²) in [5, 5.41) is 3.60. The van der Waals surface area contributed by atoms with Crippen LogP contribution in [0.5, 0.6) is 5.75 Å². The van der Waals surface area contributed by atoms with Gasteiger partial charge in [-0.3, -0.25) is 9.59 Å². The first-order valence-corrected chi connectivity index (χ1v) is 12.4. The lowest BCUT2D eigenvalue weighted by Crippen LogP contribution is -2.38. The van der Waals surface area contributed by atoms with Gasteiger partial charge in [-0.15, -0.1) is 0 Å². The number of ketones is 1. The molecule has 2 aromatic rings. The molecule has 0 saturated heterocycles. The van der Waals surface area contributed by atoms with Crippen LogP contribution in [0.2, 0.25) is 5.02 Å². The molecule has 1 fully saturated rings. The number of carbonyl (C=O) groups is 3. The van der Waals surface area contributed by atoms with E-state index in [1.54, 1.807) is 66.4 Å². The maximum atomic E-state index is 13.2. The van der Waals surface area contributed by atoms with Crippen molar-refractivity contribution in [3.8, 4) is 5.75 Å². The Hall–Kier alpha value is -3.58. The van der Waals surface area contributed by atoms with Gasteiger partial charge in [-0.1, -0.05) is 43.0 Å².